The molecule has 1 amide bonds. The monoisotopic (exact) mass is 411 g/mol. The van der Waals surface area contributed by atoms with E-state index in [1.807, 2.05) is 26.0 Å². The molecule has 0 aliphatic heterocycles. The largest absolute Gasteiger partial charge is 0.449 e. The van der Waals surface area contributed by atoms with Gasteiger partial charge in [0, 0.05) is 5.69 Å². The Bertz CT molecular complexity index is 988. The number of benzene rings is 2. The maximum Gasteiger partial charge on any atom is 0.341 e. The van der Waals surface area contributed by atoms with Crippen LogP contribution >= 0.6 is 0 Å². The zero-order valence-corrected chi connectivity index (χ0v) is 16.2. The quantitative estimate of drug-likeness (QED) is 0.735. The predicted octanol–water partition coefficient (Wildman–Crippen LogP) is 3.48. The van der Waals surface area contributed by atoms with E-state index in [9.17, 15) is 26.8 Å². The zero-order valence-electron chi connectivity index (χ0n) is 15.4. The van der Waals surface area contributed by atoms with Gasteiger partial charge in [-0.25, -0.2) is 13.2 Å². The number of rotatable bonds is 6. The van der Waals surface area contributed by atoms with Crippen molar-refractivity contribution in [1.29, 1.82) is 0 Å². The molecule has 0 aliphatic carbocycles. The Morgan fingerprint density at radius 2 is 1.64 bits per heavy atom. The summed E-state index contributed by atoms with van der Waals surface area (Å²) >= 11 is 0. The van der Waals surface area contributed by atoms with Crippen LogP contribution < -0.4 is 5.32 Å². The summed E-state index contributed by atoms with van der Waals surface area (Å²) in [7, 11) is -4.75. The van der Waals surface area contributed by atoms with Crippen molar-refractivity contribution in [2.24, 2.45) is 0 Å². The molecule has 6 nitrogen and oxygen atoms in total. The topological polar surface area (TPSA) is 89.5 Å². The van der Waals surface area contributed by atoms with E-state index in [1.165, 1.54) is 6.92 Å². The lowest BCUT2D eigenvalue weighted by molar-refractivity contribution is -0.123. The van der Waals surface area contributed by atoms with Crippen LogP contribution in [-0.2, 0) is 19.4 Å². The molecule has 28 heavy (non-hydrogen) atoms. The van der Waals surface area contributed by atoms with Crippen LogP contribution in [0.5, 0.6) is 0 Å². The molecule has 0 saturated carbocycles. The Morgan fingerprint density at radius 3 is 2.18 bits per heavy atom. The lowest BCUT2D eigenvalue weighted by atomic mass is 10.1. The number of hydrogen-bond acceptors (Lipinski definition) is 5. The third kappa shape index (κ3) is 4.92. The molecule has 0 saturated heterocycles. The Hall–Kier alpha value is -2.81. The molecule has 0 heterocycles. The van der Waals surface area contributed by atoms with Crippen molar-refractivity contribution in [3.8, 4) is 0 Å². The molecule has 2 aromatic rings. The maximum atomic E-state index is 12.5. The standard InChI is InChI=1S/C19H19F2NO5S/c1-11-4-9-16(12(2)10-11)22-17(23)13(3)27-18(24)14-5-7-15(8-6-14)28(25,26)19(20)21/h4-10,13,19H,1-3H3,(H,22,23)/t13-/m0/s1. The zero-order chi connectivity index (χ0) is 21.1. The third-order valence-corrected chi connectivity index (χ3v) is 5.34. The van der Waals surface area contributed by atoms with Gasteiger partial charge in [0.1, 0.15) is 0 Å². The second-order valence-corrected chi connectivity index (χ2v) is 8.10. The van der Waals surface area contributed by atoms with Gasteiger partial charge >= 0.3 is 11.7 Å². The van der Waals surface area contributed by atoms with E-state index in [2.05, 4.69) is 5.32 Å². The van der Waals surface area contributed by atoms with Crippen LogP contribution in [0.15, 0.2) is 47.4 Å². The Labute approximate surface area is 161 Å². The molecule has 0 spiro atoms. The molecule has 0 fully saturated rings. The summed E-state index contributed by atoms with van der Waals surface area (Å²) in [4.78, 5) is 23.7. The van der Waals surface area contributed by atoms with E-state index in [0.29, 0.717) is 5.69 Å². The summed E-state index contributed by atoms with van der Waals surface area (Å²) in [5.41, 5.74) is 2.40. The van der Waals surface area contributed by atoms with E-state index in [-0.39, 0.29) is 5.56 Å². The van der Waals surface area contributed by atoms with E-state index < -0.39 is 38.5 Å². The summed E-state index contributed by atoms with van der Waals surface area (Å²) in [6.45, 7) is 5.13. The van der Waals surface area contributed by atoms with Crippen LogP contribution in [0, 0.1) is 13.8 Å². The van der Waals surface area contributed by atoms with Gasteiger partial charge in [0.2, 0.25) is 9.84 Å². The number of aryl methyl sites for hydroxylation is 2. The summed E-state index contributed by atoms with van der Waals surface area (Å²) in [5.74, 6) is -4.99. The highest BCUT2D eigenvalue weighted by atomic mass is 32.2. The van der Waals surface area contributed by atoms with E-state index in [4.69, 9.17) is 4.74 Å². The maximum absolute atomic E-state index is 12.5. The van der Waals surface area contributed by atoms with Crippen molar-refractivity contribution in [3.63, 3.8) is 0 Å². The molecule has 0 aliphatic rings. The lowest BCUT2D eigenvalue weighted by Gasteiger charge is -2.15. The van der Waals surface area contributed by atoms with Crippen molar-refractivity contribution < 1.29 is 31.5 Å². The van der Waals surface area contributed by atoms with Gasteiger partial charge in [0.15, 0.2) is 6.10 Å². The minimum Gasteiger partial charge on any atom is -0.449 e. The van der Waals surface area contributed by atoms with Gasteiger partial charge in [-0.1, -0.05) is 17.7 Å². The highest BCUT2D eigenvalue weighted by Crippen LogP contribution is 2.20. The average Bonchev–Trinajstić information content (AvgIpc) is 2.63. The van der Waals surface area contributed by atoms with Crippen LogP contribution in [0.25, 0.3) is 0 Å². The van der Waals surface area contributed by atoms with E-state index >= 15 is 0 Å². The highest BCUT2D eigenvalue weighted by molar-refractivity contribution is 7.91. The SMILES string of the molecule is Cc1ccc(NC(=O)[C@H](C)OC(=O)c2ccc(S(=O)(=O)C(F)F)cc2)c(C)c1. The van der Waals surface area contributed by atoms with Crippen molar-refractivity contribution in [2.45, 2.75) is 37.5 Å². The molecule has 0 unspecified atom stereocenters. The number of amides is 1. The first-order chi connectivity index (χ1) is 13.0. The third-order valence-electron chi connectivity index (χ3n) is 3.95. The fourth-order valence-electron chi connectivity index (χ4n) is 2.35. The van der Waals surface area contributed by atoms with Gasteiger partial charge in [0.25, 0.3) is 5.91 Å². The number of nitrogens with one attached hydrogen (secondary N) is 1. The van der Waals surface area contributed by atoms with Gasteiger partial charge in [-0.3, -0.25) is 4.79 Å². The van der Waals surface area contributed by atoms with Gasteiger partial charge in [-0.2, -0.15) is 8.78 Å². The number of esters is 1. The van der Waals surface area contributed by atoms with Crippen LogP contribution in [0.3, 0.4) is 0 Å². The van der Waals surface area contributed by atoms with Crippen molar-refractivity contribution in [1.82, 2.24) is 0 Å². The van der Waals surface area contributed by atoms with E-state index in [0.717, 1.165) is 35.4 Å². The molecule has 0 aromatic heterocycles. The van der Waals surface area contributed by atoms with Gasteiger partial charge < -0.3 is 10.1 Å². The number of carbonyl (C=O) groups is 2. The van der Waals surface area contributed by atoms with Crippen LogP contribution in [0.4, 0.5) is 14.5 Å². The number of carbonyl (C=O) groups excluding carboxylic acids is 2. The predicted molar refractivity (Wildman–Crippen MR) is 99.1 cm³/mol. The van der Waals surface area contributed by atoms with E-state index in [1.54, 1.807) is 6.07 Å². The molecule has 150 valence electrons. The van der Waals surface area contributed by atoms with Crippen molar-refractivity contribution >= 4 is 27.4 Å². The normalized spacial score (nSPS) is 12.5. The van der Waals surface area contributed by atoms with Crippen molar-refractivity contribution in [2.75, 3.05) is 5.32 Å². The Morgan fingerprint density at radius 1 is 1.04 bits per heavy atom. The van der Waals surface area contributed by atoms with Gasteiger partial charge in [0.05, 0.1) is 10.5 Å². The number of anilines is 1. The molecule has 0 radical (unpaired) electrons. The van der Waals surface area contributed by atoms with Crippen LogP contribution in [0.1, 0.15) is 28.4 Å². The van der Waals surface area contributed by atoms with Gasteiger partial charge in [-0.05, 0) is 56.7 Å². The summed E-state index contributed by atoms with van der Waals surface area (Å²) in [6.07, 6.45) is -1.13. The molecule has 2 aromatic carbocycles. The molecular weight excluding hydrogens is 392 g/mol. The summed E-state index contributed by atoms with van der Waals surface area (Å²) in [5, 5.41) is 2.66. The second kappa shape index (κ2) is 8.47. The molecular formula is C19H19F2NO5S. The summed E-state index contributed by atoms with van der Waals surface area (Å²) in [6, 6.07) is 9.32. The van der Waals surface area contributed by atoms with Crippen molar-refractivity contribution in [3.05, 3.63) is 59.2 Å². The molecule has 1 N–H and O–H groups in total. The fraction of sp³-hybridized carbons (Fsp3) is 0.263. The first-order valence-corrected chi connectivity index (χ1v) is 9.78. The molecule has 2 rings (SSSR count). The van der Waals surface area contributed by atoms with Crippen LogP contribution in [0.2, 0.25) is 0 Å². The minimum atomic E-state index is -4.75. The average molecular weight is 411 g/mol. The first kappa shape index (κ1) is 21.5. The number of ether oxygens (including phenoxy) is 1. The fourth-order valence-corrected chi connectivity index (χ4v) is 3.08. The van der Waals surface area contributed by atoms with Gasteiger partial charge in [-0.15, -0.1) is 0 Å². The molecule has 1 atom stereocenters. The number of halogens is 2. The number of alkyl halides is 2. The minimum absolute atomic E-state index is 0.0700. The number of sulfone groups is 1. The lowest BCUT2D eigenvalue weighted by Crippen LogP contribution is -2.30. The second-order valence-electron chi connectivity index (χ2n) is 6.19. The number of hydrogen-bond donors (Lipinski definition) is 1. The first-order valence-electron chi connectivity index (χ1n) is 8.23. The molecule has 0 bridgehead atoms. The smallest absolute Gasteiger partial charge is 0.341 e. The highest BCUT2D eigenvalue weighted by Gasteiger charge is 2.27. The summed E-state index contributed by atoms with van der Waals surface area (Å²) < 4.78 is 52.9. The Balaban J connectivity index is 2.04. The van der Waals surface area contributed by atoms with Crippen LogP contribution in [-0.4, -0.2) is 32.2 Å². The molecule has 9 heteroatoms. The Kier molecular flexibility index (Phi) is 6.50.